The molecule has 0 saturated carbocycles. The zero-order chi connectivity index (χ0) is 20.7. The Morgan fingerprint density at radius 2 is 1.70 bits per heavy atom. The third kappa shape index (κ3) is 8.69. The molecule has 27 heavy (non-hydrogen) atoms. The number of H-pyrrole nitrogens is 1. The number of aromatic amines is 1. The summed E-state index contributed by atoms with van der Waals surface area (Å²) in [7, 11) is 1.98. The topological polar surface area (TPSA) is 52.1 Å². The van der Waals surface area contributed by atoms with E-state index in [9.17, 15) is 4.39 Å². The highest BCUT2D eigenvalue weighted by atomic mass is 19.1. The number of nitrogens with one attached hydrogen (secondary N) is 1. The second-order valence-electron chi connectivity index (χ2n) is 5.23. The van der Waals surface area contributed by atoms with Crippen molar-refractivity contribution in [3.8, 4) is 0 Å². The van der Waals surface area contributed by atoms with Gasteiger partial charge in [0, 0.05) is 30.9 Å². The molecule has 1 aromatic carbocycles. The maximum atomic E-state index is 12.4. The molecule has 0 aliphatic rings. The zero-order valence-electron chi connectivity index (χ0n) is 17.5. The van der Waals surface area contributed by atoms with Crippen molar-refractivity contribution in [3.63, 3.8) is 0 Å². The second kappa shape index (κ2) is 14.7. The van der Waals surface area contributed by atoms with Crippen LogP contribution in [0.15, 0.2) is 48.8 Å². The number of hydrogen-bond acceptors (Lipinski definition) is 3. The maximum Gasteiger partial charge on any atom is 0.142 e. The number of aliphatic hydroxyl groups excluding tert-OH is 1. The van der Waals surface area contributed by atoms with Crippen molar-refractivity contribution in [2.45, 2.75) is 41.0 Å². The predicted octanol–water partition coefficient (Wildman–Crippen LogP) is 5.43. The minimum atomic E-state index is -0.299. The number of pyridine rings is 1. The van der Waals surface area contributed by atoms with Gasteiger partial charge in [0.1, 0.15) is 11.5 Å². The molecule has 0 atom stereocenters. The third-order valence-electron chi connectivity index (χ3n) is 3.59. The summed E-state index contributed by atoms with van der Waals surface area (Å²) in [5, 5.41) is 9.56. The molecule has 2 aromatic heterocycles. The van der Waals surface area contributed by atoms with Gasteiger partial charge in [-0.2, -0.15) is 0 Å². The molecule has 5 heteroatoms. The summed E-state index contributed by atoms with van der Waals surface area (Å²) in [6.07, 6.45) is 4.00. The molecule has 2 N–H and O–H groups in total. The van der Waals surface area contributed by atoms with Crippen molar-refractivity contribution >= 4 is 16.7 Å². The Labute approximate surface area is 163 Å². The molecule has 0 amide bonds. The van der Waals surface area contributed by atoms with Crippen molar-refractivity contribution < 1.29 is 9.50 Å². The van der Waals surface area contributed by atoms with E-state index in [4.69, 9.17) is 5.11 Å². The summed E-state index contributed by atoms with van der Waals surface area (Å²) in [6, 6.07) is 11.7. The lowest BCUT2D eigenvalue weighted by Gasteiger charge is -2.17. The number of hydrogen-bond donors (Lipinski definition) is 2. The average Bonchev–Trinajstić information content (AvgIpc) is 3.19. The first-order chi connectivity index (χ1) is 13.1. The number of nitrogens with zero attached hydrogens (tertiary/aromatic N) is 2. The first-order valence-corrected chi connectivity index (χ1v) is 9.63. The summed E-state index contributed by atoms with van der Waals surface area (Å²) in [4.78, 5) is 8.72. The van der Waals surface area contributed by atoms with Crippen molar-refractivity contribution in [1.29, 1.82) is 0 Å². The van der Waals surface area contributed by atoms with Crippen molar-refractivity contribution in [3.05, 3.63) is 60.2 Å². The van der Waals surface area contributed by atoms with E-state index in [1.165, 1.54) is 17.8 Å². The molecule has 0 spiro atoms. The van der Waals surface area contributed by atoms with E-state index in [2.05, 4.69) is 41.2 Å². The van der Waals surface area contributed by atoms with Crippen molar-refractivity contribution in [2.24, 2.45) is 0 Å². The zero-order valence-corrected chi connectivity index (χ0v) is 17.5. The fourth-order valence-electron chi connectivity index (χ4n) is 2.18. The van der Waals surface area contributed by atoms with Crippen LogP contribution in [-0.4, -0.2) is 35.3 Å². The molecule has 150 valence electrons. The number of rotatable bonds is 4. The van der Waals surface area contributed by atoms with Crippen LogP contribution in [0.2, 0.25) is 0 Å². The monoisotopic (exact) mass is 375 g/mol. The normalized spacial score (nSPS) is 9.19. The van der Waals surface area contributed by atoms with Crippen molar-refractivity contribution in [1.82, 2.24) is 9.97 Å². The number of fused-ring (bicyclic) bond motifs is 1. The van der Waals surface area contributed by atoms with Crippen LogP contribution < -0.4 is 4.90 Å². The highest BCUT2D eigenvalue weighted by Crippen LogP contribution is 2.13. The van der Waals surface area contributed by atoms with Gasteiger partial charge >= 0.3 is 0 Å². The van der Waals surface area contributed by atoms with E-state index >= 15 is 0 Å². The van der Waals surface area contributed by atoms with Crippen LogP contribution >= 0.6 is 0 Å². The van der Waals surface area contributed by atoms with Gasteiger partial charge in [-0.05, 0) is 36.2 Å². The van der Waals surface area contributed by atoms with Crippen molar-refractivity contribution in [2.75, 3.05) is 25.1 Å². The summed E-state index contributed by atoms with van der Waals surface area (Å²) in [5.74, 6) is -0.299. The minimum Gasteiger partial charge on any atom is -0.395 e. The second-order valence-corrected chi connectivity index (χ2v) is 5.23. The summed E-state index contributed by atoms with van der Waals surface area (Å²) in [5.41, 5.74) is 3.23. The molecule has 0 saturated heterocycles. The fraction of sp³-hybridized carbons (Fsp3) is 0.409. The van der Waals surface area contributed by atoms with E-state index in [0.29, 0.717) is 6.54 Å². The number of likely N-dealkylation sites (N-methyl/N-ethyl adjacent to an activating group) is 1. The third-order valence-corrected chi connectivity index (χ3v) is 3.59. The lowest BCUT2D eigenvalue weighted by atomic mass is 10.1. The Hall–Kier alpha value is -2.40. The van der Waals surface area contributed by atoms with Gasteiger partial charge in [0.2, 0.25) is 0 Å². The van der Waals surface area contributed by atoms with Crippen LogP contribution in [-0.2, 0) is 6.42 Å². The number of benzene rings is 1. The molecule has 3 rings (SSSR count). The predicted molar refractivity (Wildman–Crippen MR) is 115 cm³/mol. The lowest BCUT2D eigenvalue weighted by Crippen LogP contribution is -2.20. The van der Waals surface area contributed by atoms with Gasteiger partial charge in [-0.3, -0.25) is 0 Å². The summed E-state index contributed by atoms with van der Waals surface area (Å²) < 4.78 is 12.4. The molecular weight excluding hydrogens is 341 g/mol. The minimum absolute atomic E-state index is 0.200. The number of anilines is 1. The SMILES string of the molecule is CC.CC.CCc1ccc(N(C)CCO)cc1.Fc1cnc2[nH]ccc2c1. The lowest BCUT2D eigenvalue weighted by molar-refractivity contribution is 0.304. The van der Waals surface area contributed by atoms with Crippen LogP contribution in [0.1, 0.15) is 40.2 Å². The van der Waals surface area contributed by atoms with E-state index in [-0.39, 0.29) is 12.4 Å². The highest BCUT2D eigenvalue weighted by Gasteiger charge is 1.98. The molecule has 0 fully saturated rings. The number of aromatic nitrogens is 2. The summed E-state index contributed by atoms with van der Waals surface area (Å²) >= 11 is 0. The first kappa shape index (κ1) is 24.6. The van der Waals surface area contributed by atoms with Gasteiger partial charge in [-0.15, -0.1) is 0 Å². The van der Waals surface area contributed by atoms with E-state index in [0.717, 1.165) is 23.1 Å². The quantitative estimate of drug-likeness (QED) is 0.639. The van der Waals surface area contributed by atoms with Gasteiger partial charge < -0.3 is 15.0 Å². The Kier molecular flexibility index (Phi) is 13.4. The Morgan fingerprint density at radius 3 is 2.26 bits per heavy atom. The first-order valence-electron chi connectivity index (χ1n) is 9.63. The van der Waals surface area contributed by atoms with Gasteiger partial charge in [0.25, 0.3) is 0 Å². The molecule has 4 nitrogen and oxygen atoms in total. The van der Waals surface area contributed by atoms with Gasteiger partial charge in [-0.25, -0.2) is 9.37 Å². The van der Waals surface area contributed by atoms with Crippen LogP contribution in [0, 0.1) is 5.82 Å². The van der Waals surface area contributed by atoms with E-state index in [1.807, 2.05) is 39.6 Å². The molecular formula is C22H34FN3O. The van der Waals surface area contributed by atoms with Crippen LogP contribution in [0.5, 0.6) is 0 Å². The molecule has 0 unspecified atom stereocenters. The van der Waals surface area contributed by atoms with E-state index < -0.39 is 0 Å². The Bertz CT molecular complexity index is 726. The molecule has 0 radical (unpaired) electrons. The summed E-state index contributed by atoms with van der Waals surface area (Å²) in [6.45, 7) is 11.0. The van der Waals surface area contributed by atoms with Crippen LogP contribution in [0.3, 0.4) is 0 Å². The van der Waals surface area contributed by atoms with E-state index in [1.54, 1.807) is 12.3 Å². The number of halogens is 1. The Balaban J connectivity index is 0.000000430. The molecule has 0 bridgehead atoms. The number of aliphatic hydroxyl groups is 1. The Morgan fingerprint density at radius 1 is 1.07 bits per heavy atom. The maximum absolute atomic E-state index is 12.4. The molecule has 0 aliphatic carbocycles. The van der Waals surface area contributed by atoms with Crippen LogP contribution in [0.4, 0.5) is 10.1 Å². The molecule has 0 aliphatic heterocycles. The molecule has 2 heterocycles. The average molecular weight is 376 g/mol. The van der Waals surface area contributed by atoms with Gasteiger partial charge in [0.15, 0.2) is 0 Å². The smallest absolute Gasteiger partial charge is 0.142 e. The molecule has 3 aromatic rings. The van der Waals surface area contributed by atoms with Gasteiger partial charge in [0.05, 0.1) is 12.8 Å². The van der Waals surface area contributed by atoms with Crippen LogP contribution in [0.25, 0.3) is 11.0 Å². The highest BCUT2D eigenvalue weighted by molar-refractivity contribution is 5.74. The number of aryl methyl sites for hydroxylation is 1. The fourth-order valence-corrected chi connectivity index (χ4v) is 2.18. The largest absolute Gasteiger partial charge is 0.395 e. The van der Waals surface area contributed by atoms with Gasteiger partial charge in [-0.1, -0.05) is 46.8 Å². The standard InChI is InChI=1S/C11H17NO.C7H5FN2.2C2H6/c1-3-10-4-6-11(7-5-10)12(2)8-9-13;8-6-3-5-1-2-9-7(5)10-4-6;2*1-2/h4-7,13H,3,8-9H2,1-2H3;1-4H,(H,9,10);2*1-2H3.